The predicted molar refractivity (Wildman–Crippen MR) is 137 cm³/mol. The first kappa shape index (κ1) is 20.3. The Bertz CT molecular complexity index is 1260. The number of hydrogen-bond donors (Lipinski definition) is 0. The van der Waals surface area contributed by atoms with Crippen molar-refractivity contribution >= 4 is 16.7 Å². The van der Waals surface area contributed by atoms with E-state index in [-0.39, 0.29) is 5.41 Å². The first-order chi connectivity index (χ1) is 15.7. The van der Waals surface area contributed by atoms with E-state index in [9.17, 15) is 0 Å². The minimum absolute atomic E-state index is 0.129. The molecule has 0 amide bonds. The third kappa shape index (κ3) is 3.52. The molecule has 0 aromatic heterocycles. The van der Waals surface area contributed by atoms with E-state index < -0.39 is 0 Å². The van der Waals surface area contributed by atoms with E-state index in [4.69, 9.17) is 0 Å². The quantitative estimate of drug-likeness (QED) is 0.315. The fourth-order valence-electron chi connectivity index (χ4n) is 5.33. The zero-order chi connectivity index (χ0) is 22.0. The summed E-state index contributed by atoms with van der Waals surface area (Å²) < 4.78 is 0. The maximum atomic E-state index is 2.42. The van der Waals surface area contributed by atoms with Gasteiger partial charge in [-0.05, 0) is 52.3 Å². The summed E-state index contributed by atoms with van der Waals surface area (Å²) >= 11 is 0. The van der Waals surface area contributed by atoms with Crippen molar-refractivity contribution in [2.24, 2.45) is 0 Å². The van der Waals surface area contributed by atoms with E-state index >= 15 is 0 Å². The summed E-state index contributed by atoms with van der Waals surface area (Å²) in [5.41, 5.74) is 10.6. The lowest BCUT2D eigenvalue weighted by molar-refractivity contribution is 0.605. The number of rotatable bonds is 4. The van der Waals surface area contributed by atoms with Crippen molar-refractivity contribution in [1.29, 1.82) is 0 Å². The van der Waals surface area contributed by atoms with Crippen molar-refractivity contribution in [2.75, 3.05) is 0 Å². The molecule has 4 aromatic carbocycles. The normalized spacial score (nSPS) is 18.7. The summed E-state index contributed by atoms with van der Waals surface area (Å²) in [6.07, 6.45) is 0.988. The van der Waals surface area contributed by atoms with Gasteiger partial charge in [-0.25, -0.2) is 0 Å². The van der Waals surface area contributed by atoms with Crippen LogP contribution < -0.4 is 0 Å². The summed E-state index contributed by atoms with van der Waals surface area (Å²) in [6, 6.07) is 43.7. The van der Waals surface area contributed by atoms with Crippen LogP contribution in [0.15, 0.2) is 127 Å². The Kier molecular flexibility index (Phi) is 5.37. The van der Waals surface area contributed by atoms with Gasteiger partial charge in [-0.3, -0.25) is 0 Å². The summed E-state index contributed by atoms with van der Waals surface area (Å²) in [7, 11) is 0. The Morgan fingerprint density at radius 2 is 0.906 bits per heavy atom. The second kappa shape index (κ2) is 8.48. The molecule has 0 saturated carbocycles. The topological polar surface area (TPSA) is 0 Å². The molecule has 1 atom stereocenters. The Balaban J connectivity index is 1.91. The Hall–Kier alpha value is -3.64. The average Bonchev–Trinajstić information content (AvgIpc) is 2.86. The highest BCUT2D eigenvalue weighted by Gasteiger charge is 2.39. The molecule has 0 N–H and O–H groups in total. The highest BCUT2D eigenvalue weighted by atomic mass is 14.4. The second-order valence-electron chi connectivity index (χ2n) is 8.88. The van der Waals surface area contributed by atoms with Gasteiger partial charge in [0.1, 0.15) is 0 Å². The van der Waals surface area contributed by atoms with E-state index in [2.05, 4.69) is 135 Å². The molecule has 1 aliphatic carbocycles. The SMILES string of the molecule is CC1=C(c2ccccc2)C(c2ccccc2)=C(c2ccccc2)C(C)(c2ccccc2)C1. The third-order valence-corrected chi connectivity index (χ3v) is 6.70. The molecule has 5 rings (SSSR count). The number of benzene rings is 4. The van der Waals surface area contributed by atoms with Crippen LogP contribution in [0.3, 0.4) is 0 Å². The Morgan fingerprint density at radius 3 is 1.41 bits per heavy atom. The molecule has 0 saturated heterocycles. The molecular formula is C32H28. The molecular weight excluding hydrogens is 384 g/mol. The molecule has 0 bridgehead atoms. The molecule has 1 unspecified atom stereocenters. The van der Waals surface area contributed by atoms with E-state index in [1.807, 2.05) is 0 Å². The van der Waals surface area contributed by atoms with E-state index in [0.717, 1.165) is 6.42 Å². The van der Waals surface area contributed by atoms with Crippen LogP contribution in [-0.2, 0) is 5.41 Å². The van der Waals surface area contributed by atoms with Gasteiger partial charge in [0.15, 0.2) is 0 Å². The van der Waals surface area contributed by atoms with Crippen molar-refractivity contribution in [3.05, 3.63) is 149 Å². The van der Waals surface area contributed by atoms with Crippen molar-refractivity contribution in [1.82, 2.24) is 0 Å². The second-order valence-corrected chi connectivity index (χ2v) is 8.88. The van der Waals surface area contributed by atoms with Gasteiger partial charge in [0, 0.05) is 5.41 Å². The fourth-order valence-corrected chi connectivity index (χ4v) is 5.33. The van der Waals surface area contributed by atoms with E-state index in [0.29, 0.717) is 0 Å². The van der Waals surface area contributed by atoms with Gasteiger partial charge >= 0.3 is 0 Å². The van der Waals surface area contributed by atoms with Gasteiger partial charge in [-0.15, -0.1) is 0 Å². The predicted octanol–water partition coefficient (Wildman–Crippen LogP) is 8.43. The Labute approximate surface area is 191 Å². The maximum absolute atomic E-state index is 2.42. The van der Waals surface area contributed by atoms with Crippen LogP contribution in [0.2, 0.25) is 0 Å². The lowest BCUT2D eigenvalue weighted by Crippen LogP contribution is -2.29. The average molecular weight is 413 g/mol. The maximum Gasteiger partial charge on any atom is 0.0224 e. The lowest BCUT2D eigenvalue weighted by atomic mass is 9.62. The standard InChI is InChI=1S/C32H28/c1-24-23-32(2,28-21-13-6-14-22-28)31(27-19-11-5-12-20-27)30(26-17-9-4-10-18-26)29(24)25-15-7-3-8-16-25/h3-22H,23H2,1-2H3. The smallest absolute Gasteiger partial charge is 0.0224 e. The van der Waals surface area contributed by atoms with Gasteiger partial charge in [0.05, 0.1) is 0 Å². The van der Waals surface area contributed by atoms with E-state index in [1.165, 1.54) is 44.5 Å². The molecule has 0 fully saturated rings. The minimum Gasteiger partial charge on any atom is -0.0636 e. The van der Waals surface area contributed by atoms with Gasteiger partial charge in [0.25, 0.3) is 0 Å². The van der Waals surface area contributed by atoms with Crippen molar-refractivity contribution < 1.29 is 0 Å². The van der Waals surface area contributed by atoms with Crippen molar-refractivity contribution in [3.63, 3.8) is 0 Å². The number of allylic oxidation sites excluding steroid dienone is 4. The lowest BCUT2D eigenvalue weighted by Gasteiger charge is -2.41. The molecule has 0 nitrogen and oxygen atoms in total. The molecule has 0 heterocycles. The summed E-state index contributed by atoms with van der Waals surface area (Å²) in [5.74, 6) is 0. The minimum atomic E-state index is -0.129. The molecule has 156 valence electrons. The largest absolute Gasteiger partial charge is 0.0636 e. The summed E-state index contributed by atoms with van der Waals surface area (Å²) in [6.45, 7) is 4.73. The number of hydrogen-bond acceptors (Lipinski definition) is 0. The third-order valence-electron chi connectivity index (χ3n) is 6.70. The molecule has 1 aliphatic rings. The zero-order valence-corrected chi connectivity index (χ0v) is 18.8. The highest BCUT2D eigenvalue weighted by molar-refractivity contribution is 6.18. The van der Waals surface area contributed by atoms with Crippen LogP contribution in [0.4, 0.5) is 0 Å². The monoisotopic (exact) mass is 412 g/mol. The van der Waals surface area contributed by atoms with Crippen LogP contribution >= 0.6 is 0 Å². The van der Waals surface area contributed by atoms with Gasteiger partial charge in [-0.1, -0.05) is 134 Å². The molecule has 0 radical (unpaired) electrons. The molecule has 0 spiro atoms. The van der Waals surface area contributed by atoms with Gasteiger partial charge in [-0.2, -0.15) is 0 Å². The summed E-state index contributed by atoms with van der Waals surface area (Å²) in [4.78, 5) is 0. The van der Waals surface area contributed by atoms with Crippen LogP contribution in [0.1, 0.15) is 42.5 Å². The first-order valence-electron chi connectivity index (χ1n) is 11.3. The molecule has 4 aromatic rings. The molecule has 0 heteroatoms. The zero-order valence-electron chi connectivity index (χ0n) is 18.8. The van der Waals surface area contributed by atoms with Crippen molar-refractivity contribution in [3.8, 4) is 0 Å². The van der Waals surface area contributed by atoms with Crippen LogP contribution in [0, 0.1) is 0 Å². The first-order valence-corrected chi connectivity index (χ1v) is 11.3. The summed E-state index contributed by atoms with van der Waals surface area (Å²) in [5, 5.41) is 0. The van der Waals surface area contributed by atoms with Gasteiger partial charge < -0.3 is 0 Å². The molecule has 32 heavy (non-hydrogen) atoms. The van der Waals surface area contributed by atoms with Crippen LogP contribution in [-0.4, -0.2) is 0 Å². The molecule has 0 aliphatic heterocycles. The van der Waals surface area contributed by atoms with Crippen LogP contribution in [0.25, 0.3) is 16.7 Å². The fraction of sp³-hybridized carbons (Fsp3) is 0.125. The van der Waals surface area contributed by atoms with Gasteiger partial charge in [0.2, 0.25) is 0 Å². The van der Waals surface area contributed by atoms with Crippen LogP contribution in [0.5, 0.6) is 0 Å². The van der Waals surface area contributed by atoms with E-state index in [1.54, 1.807) is 0 Å². The Morgan fingerprint density at radius 1 is 0.500 bits per heavy atom. The van der Waals surface area contributed by atoms with Crippen molar-refractivity contribution in [2.45, 2.75) is 25.7 Å². The highest BCUT2D eigenvalue weighted by Crippen LogP contribution is 2.55.